The molecule has 2 aliphatic heterocycles. The number of nitroso groups, excluding NO2 is 1. The monoisotopic (exact) mass is 344 g/mol. The van der Waals surface area contributed by atoms with Gasteiger partial charge in [-0.15, -0.1) is 15.1 Å². The number of anilines is 1. The molecule has 0 saturated carbocycles. The van der Waals surface area contributed by atoms with Crippen LogP contribution in [-0.4, -0.2) is 41.8 Å². The molecule has 1 saturated heterocycles. The van der Waals surface area contributed by atoms with E-state index >= 15 is 0 Å². The Balaban J connectivity index is 2.12. The van der Waals surface area contributed by atoms with Gasteiger partial charge in [0.25, 0.3) is 5.91 Å². The fourth-order valence-corrected chi connectivity index (χ4v) is 3.48. The zero-order valence-electron chi connectivity index (χ0n) is 14.1. The lowest BCUT2D eigenvalue weighted by Crippen LogP contribution is -2.37. The summed E-state index contributed by atoms with van der Waals surface area (Å²) in [7, 11) is 1.13. The molecule has 0 bridgehead atoms. The first kappa shape index (κ1) is 16.7. The molecule has 1 fully saturated rings. The Morgan fingerprint density at radius 2 is 1.76 bits per heavy atom. The highest BCUT2D eigenvalue weighted by atomic mass is 16.5. The second-order valence-electron chi connectivity index (χ2n) is 6.06. The van der Waals surface area contributed by atoms with Crippen molar-refractivity contribution in [2.75, 3.05) is 12.0 Å². The van der Waals surface area contributed by atoms with Gasteiger partial charge >= 0.3 is 5.97 Å². The van der Waals surface area contributed by atoms with Gasteiger partial charge in [-0.05, 0) is 31.9 Å². The summed E-state index contributed by atoms with van der Waals surface area (Å²) in [6, 6.07) is 2.43. The van der Waals surface area contributed by atoms with Gasteiger partial charge in [0.2, 0.25) is 5.91 Å². The molecule has 25 heavy (non-hydrogen) atoms. The van der Waals surface area contributed by atoms with Crippen LogP contribution in [0.1, 0.15) is 16.7 Å². The number of carbonyl (C=O) groups is 3. The van der Waals surface area contributed by atoms with Gasteiger partial charge in [0.1, 0.15) is 5.92 Å². The molecular weight excluding hydrogens is 328 g/mol. The topological polar surface area (TPSA) is 109 Å². The van der Waals surface area contributed by atoms with Crippen molar-refractivity contribution in [3.63, 3.8) is 0 Å². The second kappa shape index (κ2) is 5.76. The van der Waals surface area contributed by atoms with E-state index < -0.39 is 29.7 Å². The SMILES string of the molecule is COC(=O)C1=NN(N=O)[C@@H]2C(=O)N(c3c(C)cc(C)cc3C)C(=O)[C@H]12. The minimum absolute atomic E-state index is 0.296. The molecule has 1 aromatic rings. The molecule has 3 rings (SSSR count). The number of hydrazone groups is 1. The molecule has 2 heterocycles. The Labute approximate surface area is 143 Å². The Bertz CT molecular complexity index is 824. The molecule has 2 atom stereocenters. The first-order valence-electron chi connectivity index (χ1n) is 7.56. The van der Waals surface area contributed by atoms with E-state index in [2.05, 4.69) is 15.1 Å². The van der Waals surface area contributed by atoms with Crippen LogP contribution in [0.4, 0.5) is 5.69 Å². The summed E-state index contributed by atoms with van der Waals surface area (Å²) < 4.78 is 4.60. The number of hydrogen-bond acceptors (Lipinski definition) is 7. The van der Waals surface area contributed by atoms with Crippen molar-refractivity contribution in [2.45, 2.75) is 26.8 Å². The molecule has 0 aromatic heterocycles. The van der Waals surface area contributed by atoms with Crippen molar-refractivity contribution in [1.82, 2.24) is 5.12 Å². The minimum Gasteiger partial charge on any atom is -0.464 e. The number of ether oxygens (including phenoxy) is 1. The Morgan fingerprint density at radius 1 is 1.16 bits per heavy atom. The number of benzene rings is 1. The molecule has 9 nitrogen and oxygen atoms in total. The number of methoxy groups -OCH3 is 1. The number of nitrogens with zero attached hydrogens (tertiary/aromatic N) is 4. The van der Waals surface area contributed by atoms with Crippen molar-refractivity contribution in [1.29, 1.82) is 0 Å². The van der Waals surface area contributed by atoms with Crippen molar-refractivity contribution in [3.05, 3.63) is 33.7 Å². The average molecular weight is 344 g/mol. The number of hydrogen-bond donors (Lipinski definition) is 0. The van der Waals surface area contributed by atoms with E-state index in [0.29, 0.717) is 10.8 Å². The zero-order valence-corrected chi connectivity index (χ0v) is 14.1. The Morgan fingerprint density at radius 3 is 2.28 bits per heavy atom. The van der Waals surface area contributed by atoms with E-state index in [1.165, 1.54) is 0 Å². The van der Waals surface area contributed by atoms with Gasteiger partial charge in [-0.1, -0.05) is 17.7 Å². The molecule has 0 aliphatic carbocycles. The number of esters is 1. The molecule has 130 valence electrons. The normalized spacial score (nSPS) is 22.2. The van der Waals surface area contributed by atoms with Gasteiger partial charge in [-0.2, -0.15) is 0 Å². The third-order valence-corrected chi connectivity index (χ3v) is 4.37. The van der Waals surface area contributed by atoms with E-state index in [-0.39, 0.29) is 5.71 Å². The highest BCUT2D eigenvalue weighted by molar-refractivity contribution is 6.46. The zero-order chi connectivity index (χ0) is 18.5. The fourth-order valence-electron chi connectivity index (χ4n) is 3.48. The first-order chi connectivity index (χ1) is 11.8. The van der Waals surface area contributed by atoms with E-state index in [1.807, 2.05) is 19.1 Å². The first-order valence-corrected chi connectivity index (χ1v) is 7.56. The summed E-state index contributed by atoms with van der Waals surface area (Å²) in [5, 5.41) is 6.90. The van der Waals surface area contributed by atoms with E-state index in [1.54, 1.807) is 13.8 Å². The van der Waals surface area contributed by atoms with Crippen LogP contribution in [0.3, 0.4) is 0 Å². The van der Waals surface area contributed by atoms with E-state index in [4.69, 9.17) is 0 Å². The molecular formula is C16H16N4O5. The number of aryl methyl sites for hydroxylation is 3. The van der Waals surface area contributed by atoms with Crippen molar-refractivity contribution >= 4 is 29.2 Å². The molecule has 0 radical (unpaired) electrons. The number of rotatable bonds is 3. The second-order valence-corrected chi connectivity index (χ2v) is 6.06. The number of imide groups is 1. The maximum Gasteiger partial charge on any atom is 0.355 e. The largest absolute Gasteiger partial charge is 0.464 e. The molecule has 9 heteroatoms. The Hall–Kier alpha value is -3.10. The van der Waals surface area contributed by atoms with Crippen LogP contribution >= 0.6 is 0 Å². The van der Waals surface area contributed by atoms with Gasteiger partial charge in [0.05, 0.1) is 18.1 Å². The fraction of sp³-hybridized carbons (Fsp3) is 0.375. The van der Waals surface area contributed by atoms with Crippen LogP contribution in [-0.2, 0) is 19.1 Å². The highest BCUT2D eigenvalue weighted by Crippen LogP contribution is 2.38. The standard InChI is InChI=1S/C16H16N4O5/c1-7-5-8(2)12(9(3)6-7)19-14(21)10-11(16(23)25-4)17-20(18-24)13(10)15(19)22/h5-6,10,13H,1-4H3/t10-,13+/m1/s1. The van der Waals surface area contributed by atoms with E-state index in [9.17, 15) is 19.3 Å². The average Bonchev–Trinajstić information content (AvgIpc) is 3.05. The number of fused-ring (bicyclic) bond motifs is 1. The summed E-state index contributed by atoms with van der Waals surface area (Å²) in [5.41, 5.74) is 2.62. The summed E-state index contributed by atoms with van der Waals surface area (Å²) in [5.74, 6) is -3.35. The molecule has 2 amide bonds. The summed E-state index contributed by atoms with van der Waals surface area (Å²) in [6.45, 7) is 5.48. The van der Waals surface area contributed by atoms with Crippen LogP contribution in [0.5, 0.6) is 0 Å². The lowest BCUT2D eigenvalue weighted by atomic mass is 9.98. The lowest BCUT2D eigenvalue weighted by molar-refractivity contribution is -0.133. The van der Waals surface area contributed by atoms with Gasteiger partial charge in [-0.25, -0.2) is 9.69 Å². The van der Waals surface area contributed by atoms with Crippen LogP contribution in [0, 0.1) is 31.6 Å². The Kier molecular flexibility index (Phi) is 3.86. The molecule has 0 spiro atoms. The number of carbonyl (C=O) groups excluding carboxylic acids is 3. The van der Waals surface area contributed by atoms with Crippen molar-refractivity contribution in [3.8, 4) is 0 Å². The highest BCUT2D eigenvalue weighted by Gasteiger charge is 2.60. The number of amides is 2. The van der Waals surface area contributed by atoms with Crippen molar-refractivity contribution in [2.24, 2.45) is 16.3 Å². The molecule has 1 aromatic carbocycles. The van der Waals surface area contributed by atoms with Gasteiger partial charge in [0, 0.05) is 0 Å². The molecule has 0 N–H and O–H groups in total. The smallest absolute Gasteiger partial charge is 0.355 e. The van der Waals surface area contributed by atoms with E-state index in [0.717, 1.165) is 28.7 Å². The van der Waals surface area contributed by atoms with Crippen LogP contribution < -0.4 is 4.90 Å². The van der Waals surface area contributed by atoms with Gasteiger partial charge < -0.3 is 4.74 Å². The third-order valence-electron chi connectivity index (χ3n) is 4.37. The summed E-state index contributed by atoms with van der Waals surface area (Å²) in [4.78, 5) is 49.7. The van der Waals surface area contributed by atoms with Crippen LogP contribution in [0.15, 0.2) is 22.5 Å². The lowest BCUT2D eigenvalue weighted by Gasteiger charge is -2.21. The maximum atomic E-state index is 12.9. The quantitative estimate of drug-likeness (QED) is 0.460. The molecule has 2 aliphatic rings. The predicted octanol–water partition coefficient (Wildman–Crippen LogP) is 0.996. The maximum absolute atomic E-state index is 12.9. The minimum atomic E-state index is -1.26. The third kappa shape index (κ3) is 2.31. The van der Waals surface area contributed by atoms with Crippen LogP contribution in [0.2, 0.25) is 0 Å². The summed E-state index contributed by atoms with van der Waals surface area (Å²) >= 11 is 0. The predicted molar refractivity (Wildman–Crippen MR) is 87.5 cm³/mol. The molecule has 0 unspecified atom stereocenters. The van der Waals surface area contributed by atoms with Crippen LogP contribution in [0.25, 0.3) is 0 Å². The van der Waals surface area contributed by atoms with Gasteiger partial charge in [-0.3, -0.25) is 9.59 Å². The van der Waals surface area contributed by atoms with Gasteiger partial charge in [0.15, 0.2) is 11.8 Å². The summed E-state index contributed by atoms with van der Waals surface area (Å²) in [6.07, 6.45) is 0. The van der Waals surface area contributed by atoms with Crippen molar-refractivity contribution < 1.29 is 19.1 Å².